The minimum absolute atomic E-state index is 0.944. The highest BCUT2D eigenvalue weighted by Crippen LogP contribution is 2.27. The third-order valence-electron chi connectivity index (χ3n) is 2.80. The molecular formula is C12H11IN4. The molecule has 17 heavy (non-hydrogen) atoms. The van der Waals surface area contributed by atoms with Crippen molar-refractivity contribution < 1.29 is 0 Å². The van der Waals surface area contributed by atoms with Crippen LogP contribution in [0.4, 0.5) is 0 Å². The van der Waals surface area contributed by atoms with Gasteiger partial charge >= 0.3 is 0 Å². The van der Waals surface area contributed by atoms with Crippen LogP contribution in [0.15, 0.2) is 24.7 Å². The molecule has 0 aliphatic heterocycles. The number of aryl methyl sites for hydroxylation is 2. The normalized spacial score (nSPS) is 11.2. The monoisotopic (exact) mass is 338 g/mol. The van der Waals surface area contributed by atoms with Crippen LogP contribution in [0.5, 0.6) is 0 Å². The Kier molecular flexibility index (Phi) is 2.43. The average Bonchev–Trinajstić information content (AvgIpc) is 2.85. The van der Waals surface area contributed by atoms with Crippen LogP contribution in [0.3, 0.4) is 0 Å². The smallest absolute Gasteiger partial charge is 0.138 e. The van der Waals surface area contributed by atoms with Gasteiger partial charge in [-0.2, -0.15) is 5.10 Å². The van der Waals surface area contributed by atoms with Gasteiger partial charge in [0.2, 0.25) is 0 Å². The van der Waals surface area contributed by atoms with E-state index in [9.17, 15) is 0 Å². The average molecular weight is 338 g/mol. The second kappa shape index (κ2) is 3.83. The van der Waals surface area contributed by atoms with E-state index in [4.69, 9.17) is 0 Å². The molecule has 86 valence electrons. The van der Waals surface area contributed by atoms with Crippen molar-refractivity contribution in [3.8, 4) is 11.1 Å². The van der Waals surface area contributed by atoms with Gasteiger partial charge in [-0.25, -0.2) is 4.98 Å². The van der Waals surface area contributed by atoms with Gasteiger partial charge in [-0.05, 0) is 35.6 Å². The number of rotatable bonds is 1. The Hall–Kier alpha value is -1.37. The van der Waals surface area contributed by atoms with E-state index in [2.05, 4.69) is 50.6 Å². The lowest BCUT2D eigenvalue weighted by molar-refractivity contribution is 0.768. The van der Waals surface area contributed by atoms with Crippen molar-refractivity contribution in [2.45, 2.75) is 6.92 Å². The maximum absolute atomic E-state index is 4.45. The van der Waals surface area contributed by atoms with E-state index in [1.807, 2.05) is 25.6 Å². The van der Waals surface area contributed by atoms with Crippen LogP contribution >= 0.6 is 22.6 Å². The Morgan fingerprint density at radius 3 is 2.82 bits per heavy atom. The molecule has 0 spiro atoms. The summed E-state index contributed by atoms with van der Waals surface area (Å²) in [6, 6.07) is 2.16. The van der Waals surface area contributed by atoms with E-state index in [-0.39, 0.29) is 0 Å². The molecule has 1 N–H and O–H groups in total. The molecule has 0 amide bonds. The van der Waals surface area contributed by atoms with E-state index in [0.717, 1.165) is 22.5 Å². The van der Waals surface area contributed by atoms with Gasteiger partial charge in [-0.1, -0.05) is 0 Å². The molecule has 0 atom stereocenters. The van der Waals surface area contributed by atoms with Crippen LogP contribution in [0.2, 0.25) is 0 Å². The van der Waals surface area contributed by atoms with Crippen molar-refractivity contribution >= 4 is 33.6 Å². The van der Waals surface area contributed by atoms with E-state index in [1.165, 1.54) is 8.96 Å². The van der Waals surface area contributed by atoms with Gasteiger partial charge in [0.15, 0.2) is 0 Å². The summed E-state index contributed by atoms with van der Waals surface area (Å²) in [4.78, 5) is 7.72. The summed E-state index contributed by atoms with van der Waals surface area (Å²) in [5.74, 6) is 0. The molecule has 0 saturated heterocycles. The summed E-state index contributed by atoms with van der Waals surface area (Å²) in [5, 5.41) is 5.35. The first-order chi connectivity index (χ1) is 8.15. The molecule has 3 aromatic rings. The maximum Gasteiger partial charge on any atom is 0.138 e. The molecule has 3 heterocycles. The summed E-state index contributed by atoms with van der Waals surface area (Å²) in [5.41, 5.74) is 4.30. The number of H-pyrrole nitrogens is 1. The van der Waals surface area contributed by atoms with Gasteiger partial charge < -0.3 is 4.98 Å². The molecular weight excluding hydrogens is 327 g/mol. The molecule has 0 fully saturated rings. The number of hydrogen-bond donors (Lipinski definition) is 1. The molecule has 0 bridgehead atoms. The minimum Gasteiger partial charge on any atom is -0.343 e. The first-order valence-electron chi connectivity index (χ1n) is 5.28. The lowest BCUT2D eigenvalue weighted by atomic mass is 10.1. The van der Waals surface area contributed by atoms with Crippen LogP contribution in [0.25, 0.3) is 22.2 Å². The second-order valence-corrected chi connectivity index (χ2v) is 5.17. The predicted octanol–water partition coefficient (Wildman–Crippen LogP) is 2.88. The molecule has 0 radical (unpaired) electrons. The summed E-state index contributed by atoms with van der Waals surface area (Å²) in [6.07, 6.45) is 5.73. The number of aromatic nitrogens is 4. The summed E-state index contributed by atoms with van der Waals surface area (Å²) < 4.78 is 3.03. The Labute approximate surface area is 112 Å². The van der Waals surface area contributed by atoms with Crippen molar-refractivity contribution in [2.75, 3.05) is 0 Å². The number of hydrogen-bond acceptors (Lipinski definition) is 2. The van der Waals surface area contributed by atoms with E-state index < -0.39 is 0 Å². The second-order valence-electron chi connectivity index (χ2n) is 4.09. The van der Waals surface area contributed by atoms with Crippen LogP contribution < -0.4 is 0 Å². The number of fused-ring (bicyclic) bond motifs is 1. The Bertz CT molecular complexity index is 696. The number of halogens is 1. The zero-order valence-electron chi connectivity index (χ0n) is 9.53. The summed E-state index contributed by atoms with van der Waals surface area (Å²) >= 11 is 2.35. The first-order valence-corrected chi connectivity index (χ1v) is 6.36. The van der Waals surface area contributed by atoms with E-state index in [0.29, 0.717) is 0 Å². The number of aromatic amines is 1. The lowest BCUT2D eigenvalue weighted by Crippen LogP contribution is -1.84. The SMILES string of the molecule is Cc1[nH]c2ncc(-c3cnn(C)c3)cc2c1I. The van der Waals surface area contributed by atoms with Crippen molar-refractivity contribution in [1.82, 2.24) is 19.7 Å². The van der Waals surface area contributed by atoms with Gasteiger partial charge in [-0.15, -0.1) is 0 Å². The maximum atomic E-state index is 4.45. The zero-order valence-corrected chi connectivity index (χ0v) is 11.7. The third-order valence-corrected chi connectivity index (χ3v) is 4.19. The van der Waals surface area contributed by atoms with Gasteiger partial charge in [0.25, 0.3) is 0 Å². The fourth-order valence-corrected chi connectivity index (χ4v) is 2.44. The summed E-state index contributed by atoms with van der Waals surface area (Å²) in [6.45, 7) is 2.06. The van der Waals surface area contributed by atoms with Crippen LogP contribution in [-0.2, 0) is 7.05 Å². The van der Waals surface area contributed by atoms with Gasteiger partial charge in [0.05, 0.1) is 6.20 Å². The van der Waals surface area contributed by atoms with Crippen molar-refractivity contribution in [3.63, 3.8) is 0 Å². The summed E-state index contributed by atoms with van der Waals surface area (Å²) in [7, 11) is 1.92. The molecule has 4 nitrogen and oxygen atoms in total. The Morgan fingerprint density at radius 2 is 2.12 bits per heavy atom. The van der Waals surface area contributed by atoms with Crippen molar-refractivity contribution in [2.24, 2.45) is 7.05 Å². The molecule has 0 aromatic carbocycles. The zero-order chi connectivity index (χ0) is 12.0. The van der Waals surface area contributed by atoms with E-state index in [1.54, 1.807) is 4.68 Å². The number of nitrogens with one attached hydrogen (secondary N) is 1. The Morgan fingerprint density at radius 1 is 1.29 bits per heavy atom. The minimum atomic E-state index is 0.944. The lowest BCUT2D eigenvalue weighted by Gasteiger charge is -1.97. The standard InChI is InChI=1S/C12H11IN4/c1-7-11(13)10-3-8(4-14-12(10)16-7)9-5-15-17(2)6-9/h3-6H,1-2H3,(H,14,16). The fourth-order valence-electron chi connectivity index (χ4n) is 1.89. The van der Waals surface area contributed by atoms with Gasteiger partial charge in [-0.3, -0.25) is 4.68 Å². The van der Waals surface area contributed by atoms with Crippen LogP contribution in [0, 0.1) is 10.5 Å². The molecule has 0 saturated carbocycles. The van der Waals surface area contributed by atoms with Crippen LogP contribution in [0.1, 0.15) is 5.69 Å². The van der Waals surface area contributed by atoms with E-state index >= 15 is 0 Å². The van der Waals surface area contributed by atoms with Gasteiger partial charge in [0.1, 0.15) is 5.65 Å². The fraction of sp³-hybridized carbons (Fsp3) is 0.167. The predicted molar refractivity (Wildman–Crippen MR) is 75.7 cm³/mol. The molecule has 0 aliphatic rings. The number of pyridine rings is 1. The van der Waals surface area contributed by atoms with Crippen LogP contribution in [-0.4, -0.2) is 19.7 Å². The topological polar surface area (TPSA) is 46.5 Å². The largest absolute Gasteiger partial charge is 0.343 e. The van der Waals surface area contributed by atoms with Gasteiger partial charge in [0, 0.05) is 45.2 Å². The Balaban J connectivity index is 2.22. The molecule has 3 rings (SSSR count). The molecule has 0 unspecified atom stereocenters. The quantitative estimate of drug-likeness (QED) is 0.694. The third kappa shape index (κ3) is 1.74. The first kappa shape index (κ1) is 10.8. The van der Waals surface area contributed by atoms with Crippen molar-refractivity contribution in [1.29, 1.82) is 0 Å². The molecule has 0 aliphatic carbocycles. The highest BCUT2D eigenvalue weighted by Gasteiger charge is 2.09. The number of nitrogens with zero attached hydrogens (tertiary/aromatic N) is 3. The molecule has 5 heteroatoms. The van der Waals surface area contributed by atoms with Crippen molar-refractivity contribution in [3.05, 3.63) is 33.9 Å². The highest BCUT2D eigenvalue weighted by atomic mass is 127. The highest BCUT2D eigenvalue weighted by molar-refractivity contribution is 14.1. The molecule has 3 aromatic heterocycles.